The van der Waals surface area contributed by atoms with Crippen LogP contribution < -0.4 is 0 Å². The van der Waals surface area contributed by atoms with Crippen molar-refractivity contribution in [3.63, 3.8) is 0 Å². The summed E-state index contributed by atoms with van der Waals surface area (Å²) in [6.07, 6.45) is 0. The van der Waals surface area contributed by atoms with E-state index in [1.807, 2.05) is 0 Å². The van der Waals surface area contributed by atoms with Crippen LogP contribution in [0.3, 0.4) is 0 Å². The van der Waals surface area contributed by atoms with Crippen molar-refractivity contribution in [2.75, 3.05) is 0 Å². The molecule has 1 aromatic heterocycles. The first-order valence-corrected chi connectivity index (χ1v) is 9.87. The predicted octanol–water partition coefficient (Wildman–Crippen LogP) is 5.68. The third-order valence-corrected chi connectivity index (χ3v) is 5.40. The van der Waals surface area contributed by atoms with Crippen molar-refractivity contribution >= 4 is 34.8 Å². The minimum Gasteiger partial charge on any atom is -0.411 e. The third-order valence-electron chi connectivity index (χ3n) is 4.16. The highest BCUT2D eigenvalue weighted by Gasteiger charge is 2.21. The summed E-state index contributed by atoms with van der Waals surface area (Å²) in [6.45, 7) is 0. The van der Waals surface area contributed by atoms with Crippen LogP contribution in [0.5, 0.6) is 0 Å². The normalized spacial score (nSPS) is 10.7. The van der Waals surface area contributed by atoms with Gasteiger partial charge in [-0.2, -0.15) is 0 Å². The Morgan fingerprint density at radius 2 is 1.70 bits per heavy atom. The molecule has 4 rings (SSSR count). The van der Waals surface area contributed by atoms with E-state index in [1.54, 1.807) is 54.6 Å². The van der Waals surface area contributed by atoms with Gasteiger partial charge >= 0.3 is 0 Å². The lowest BCUT2D eigenvalue weighted by molar-refractivity contribution is -0.387. The van der Waals surface area contributed by atoms with Gasteiger partial charge in [0.1, 0.15) is 0 Å². The van der Waals surface area contributed by atoms with Gasteiger partial charge < -0.3 is 4.42 Å². The van der Waals surface area contributed by atoms with Gasteiger partial charge in [-0.15, -0.1) is 10.2 Å². The number of halogens is 1. The fraction of sp³-hybridized carbons (Fsp3) is 0. The number of nitrogens with zero attached hydrogens (tertiary/aromatic N) is 3. The Hall–Kier alpha value is -3.49. The second kappa shape index (κ2) is 8.48. The Bertz CT molecular complexity index is 1240. The lowest BCUT2D eigenvalue weighted by Gasteiger charge is -2.04. The Morgan fingerprint density at radius 1 is 0.967 bits per heavy atom. The molecule has 1 heterocycles. The average molecular weight is 438 g/mol. The molecule has 0 bridgehead atoms. The standard InChI is InChI=1S/C21H12ClN3O4S/c22-16-9-5-4-8-15(16)20-23-24-21(29-20)30-18-11-10-14(12-17(18)25(27)28)19(26)13-6-2-1-3-7-13/h1-12H. The minimum atomic E-state index is -0.546. The molecule has 7 nitrogen and oxygen atoms in total. The Labute approximate surface area is 179 Å². The first kappa shape index (κ1) is 19.8. The van der Waals surface area contributed by atoms with E-state index < -0.39 is 4.92 Å². The molecule has 0 N–H and O–H groups in total. The molecule has 3 aromatic carbocycles. The first-order chi connectivity index (χ1) is 14.5. The maximum atomic E-state index is 12.6. The van der Waals surface area contributed by atoms with Gasteiger partial charge in [0.2, 0.25) is 5.89 Å². The lowest BCUT2D eigenvalue weighted by atomic mass is 10.0. The number of ketones is 1. The molecule has 0 aliphatic rings. The van der Waals surface area contributed by atoms with Crippen LogP contribution in [0.2, 0.25) is 5.02 Å². The largest absolute Gasteiger partial charge is 0.411 e. The summed E-state index contributed by atoms with van der Waals surface area (Å²) in [5.41, 5.74) is 1.02. The highest BCUT2D eigenvalue weighted by molar-refractivity contribution is 7.99. The summed E-state index contributed by atoms with van der Waals surface area (Å²) in [5.74, 6) is -0.0873. The molecule has 9 heteroatoms. The molecule has 0 unspecified atom stereocenters. The van der Waals surface area contributed by atoms with Gasteiger partial charge in [-0.3, -0.25) is 14.9 Å². The van der Waals surface area contributed by atoms with Crippen molar-refractivity contribution in [1.29, 1.82) is 0 Å². The number of nitro benzene ring substituents is 1. The second-order valence-corrected chi connectivity index (χ2v) is 7.49. The average Bonchev–Trinajstić information content (AvgIpc) is 3.22. The van der Waals surface area contributed by atoms with E-state index in [4.69, 9.17) is 16.0 Å². The van der Waals surface area contributed by atoms with E-state index in [9.17, 15) is 14.9 Å². The van der Waals surface area contributed by atoms with Crippen LogP contribution in [-0.2, 0) is 0 Å². The number of aromatic nitrogens is 2. The molecule has 0 aliphatic carbocycles. The number of carbonyl (C=O) groups is 1. The van der Waals surface area contributed by atoms with Crippen LogP contribution >= 0.6 is 23.4 Å². The monoisotopic (exact) mass is 437 g/mol. The molecule has 0 saturated heterocycles. The smallest absolute Gasteiger partial charge is 0.284 e. The Kier molecular flexibility index (Phi) is 5.60. The zero-order valence-corrected chi connectivity index (χ0v) is 16.8. The van der Waals surface area contributed by atoms with Crippen LogP contribution in [0.4, 0.5) is 5.69 Å². The van der Waals surface area contributed by atoms with E-state index in [0.717, 1.165) is 11.8 Å². The molecular formula is C21H12ClN3O4S. The molecule has 4 aromatic rings. The fourth-order valence-corrected chi connectivity index (χ4v) is 3.71. The third kappa shape index (κ3) is 4.10. The lowest BCUT2D eigenvalue weighted by Crippen LogP contribution is -2.02. The van der Waals surface area contributed by atoms with E-state index in [1.165, 1.54) is 18.2 Å². The molecule has 0 aliphatic heterocycles. The second-order valence-electron chi connectivity index (χ2n) is 6.09. The topological polar surface area (TPSA) is 99.1 Å². The van der Waals surface area contributed by atoms with Gasteiger partial charge in [0.05, 0.1) is 20.4 Å². The van der Waals surface area contributed by atoms with Crippen molar-refractivity contribution in [1.82, 2.24) is 10.2 Å². The highest BCUT2D eigenvalue weighted by Crippen LogP contribution is 2.37. The molecule has 0 amide bonds. The van der Waals surface area contributed by atoms with Crippen molar-refractivity contribution in [3.8, 4) is 11.5 Å². The van der Waals surface area contributed by atoms with Crippen molar-refractivity contribution in [2.24, 2.45) is 0 Å². The van der Waals surface area contributed by atoms with Gasteiger partial charge in [-0.05, 0) is 36.0 Å². The van der Waals surface area contributed by atoms with Gasteiger partial charge in [0.25, 0.3) is 10.9 Å². The van der Waals surface area contributed by atoms with Gasteiger partial charge in [-0.1, -0.05) is 54.1 Å². The Balaban J connectivity index is 1.63. The Morgan fingerprint density at radius 3 is 2.43 bits per heavy atom. The molecule has 0 fully saturated rings. The SMILES string of the molecule is O=C(c1ccccc1)c1ccc(Sc2nnc(-c3ccccc3Cl)o2)c([N+](=O)[O-])c1. The van der Waals surface area contributed by atoms with Crippen LogP contribution in [0.1, 0.15) is 15.9 Å². The molecule has 30 heavy (non-hydrogen) atoms. The number of carbonyl (C=O) groups excluding carboxylic acids is 1. The summed E-state index contributed by atoms with van der Waals surface area (Å²) in [5, 5.41) is 20.1. The fourth-order valence-electron chi connectivity index (χ4n) is 2.73. The number of hydrogen-bond acceptors (Lipinski definition) is 7. The maximum Gasteiger partial charge on any atom is 0.284 e. The summed E-state index contributed by atoms with van der Waals surface area (Å²) in [6, 6.07) is 19.9. The van der Waals surface area contributed by atoms with Gasteiger partial charge in [-0.25, -0.2) is 0 Å². The maximum absolute atomic E-state index is 12.6. The van der Waals surface area contributed by atoms with Crippen molar-refractivity contribution in [3.05, 3.63) is 99.1 Å². The summed E-state index contributed by atoms with van der Waals surface area (Å²) < 4.78 is 5.60. The quantitative estimate of drug-likeness (QED) is 0.217. The van der Waals surface area contributed by atoms with Crippen LogP contribution in [0.25, 0.3) is 11.5 Å². The predicted molar refractivity (Wildman–Crippen MR) is 112 cm³/mol. The number of benzene rings is 3. The van der Waals surface area contributed by atoms with Gasteiger partial charge in [0, 0.05) is 17.2 Å². The highest BCUT2D eigenvalue weighted by atomic mass is 35.5. The first-order valence-electron chi connectivity index (χ1n) is 8.67. The summed E-state index contributed by atoms with van der Waals surface area (Å²) in [7, 11) is 0. The molecule has 0 atom stereocenters. The van der Waals surface area contributed by atoms with Crippen LogP contribution in [0.15, 0.2) is 87.3 Å². The molecule has 0 saturated carbocycles. The van der Waals surface area contributed by atoms with Crippen molar-refractivity contribution < 1.29 is 14.1 Å². The molecule has 0 spiro atoms. The number of hydrogen-bond donors (Lipinski definition) is 0. The molecule has 0 radical (unpaired) electrons. The summed E-state index contributed by atoms with van der Waals surface area (Å²) in [4.78, 5) is 23.9. The zero-order chi connectivity index (χ0) is 21.1. The van der Waals surface area contributed by atoms with E-state index >= 15 is 0 Å². The van der Waals surface area contributed by atoms with E-state index in [2.05, 4.69) is 10.2 Å². The van der Waals surface area contributed by atoms with Gasteiger partial charge in [0.15, 0.2) is 5.78 Å². The number of rotatable bonds is 6. The molecule has 148 valence electrons. The van der Waals surface area contributed by atoms with Crippen LogP contribution in [-0.4, -0.2) is 20.9 Å². The summed E-state index contributed by atoms with van der Waals surface area (Å²) >= 11 is 7.08. The van der Waals surface area contributed by atoms with E-state index in [-0.39, 0.29) is 33.0 Å². The molecular weight excluding hydrogens is 426 g/mol. The number of nitro groups is 1. The zero-order valence-electron chi connectivity index (χ0n) is 15.2. The van der Waals surface area contributed by atoms with Crippen molar-refractivity contribution in [2.45, 2.75) is 10.1 Å². The van der Waals surface area contributed by atoms with E-state index in [0.29, 0.717) is 16.1 Å². The van der Waals surface area contributed by atoms with Crippen LogP contribution in [0, 0.1) is 10.1 Å². The minimum absolute atomic E-state index is 0.121.